The van der Waals surface area contributed by atoms with Crippen molar-refractivity contribution in [3.05, 3.63) is 42.9 Å². The molecule has 0 fully saturated rings. The summed E-state index contributed by atoms with van der Waals surface area (Å²) in [6, 6.07) is 4.06. The van der Waals surface area contributed by atoms with Gasteiger partial charge in [-0.15, -0.1) is 13.2 Å². The Kier molecular flexibility index (Phi) is 2.28. The first-order chi connectivity index (χ1) is 4.88. The third-order valence-electron chi connectivity index (χ3n) is 1.35. The third kappa shape index (κ3) is 1.28. The van der Waals surface area contributed by atoms with Crippen molar-refractivity contribution in [2.24, 2.45) is 0 Å². The van der Waals surface area contributed by atoms with Crippen LogP contribution in [0.5, 0.6) is 0 Å². The van der Waals surface area contributed by atoms with Gasteiger partial charge in [0.15, 0.2) is 8.80 Å². The molecule has 0 bridgehead atoms. The van der Waals surface area contributed by atoms with Gasteiger partial charge in [-0.25, -0.2) is 0 Å². The molecular weight excluding hydrogens is 138 g/mol. The van der Waals surface area contributed by atoms with Gasteiger partial charge in [0, 0.05) is 11.5 Å². The van der Waals surface area contributed by atoms with Gasteiger partial charge in [-0.1, -0.05) is 11.4 Å². The number of rotatable bonds is 3. The second-order valence-electron chi connectivity index (χ2n) is 1.95. The van der Waals surface area contributed by atoms with Gasteiger partial charge < -0.3 is 4.98 Å². The minimum Gasteiger partial charge on any atom is -0.368 e. The minimum atomic E-state index is -0.686. The molecule has 2 heteroatoms. The molecule has 1 aromatic rings. The Morgan fingerprint density at radius 1 is 1.40 bits per heavy atom. The first-order valence-corrected chi connectivity index (χ1v) is 4.79. The molecule has 0 spiro atoms. The molecule has 0 amide bonds. The molecule has 0 saturated carbocycles. The van der Waals surface area contributed by atoms with Crippen molar-refractivity contribution in [3.8, 4) is 0 Å². The van der Waals surface area contributed by atoms with Gasteiger partial charge >= 0.3 is 0 Å². The number of hydrogen-bond donors (Lipinski definition) is 1. The molecule has 0 saturated heterocycles. The Morgan fingerprint density at radius 2 is 2.10 bits per heavy atom. The summed E-state index contributed by atoms with van der Waals surface area (Å²) in [5.41, 5.74) is 3.92. The van der Waals surface area contributed by atoms with E-state index >= 15 is 0 Å². The molecule has 0 atom stereocenters. The van der Waals surface area contributed by atoms with Gasteiger partial charge in [0.25, 0.3) is 0 Å². The Bertz CT molecular complexity index is 205. The van der Waals surface area contributed by atoms with Crippen LogP contribution in [0.2, 0.25) is 0 Å². The summed E-state index contributed by atoms with van der Waals surface area (Å²) in [5.74, 6) is 0. The lowest BCUT2D eigenvalue weighted by Gasteiger charge is -1.98. The number of aromatic amines is 1. The van der Waals surface area contributed by atoms with Crippen LogP contribution in [0, 0.1) is 0 Å². The summed E-state index contributed by atoms with van der Waals surface area (Å²) in [6.07, 6.45) is 1.92. The van der Waals surface area contributed by atoms with E-state index in [-0.39, 0.29) is 0 Å². The maximum atomic E-state index is 3.74. The third-order valence-corrected chi connectivity index (χ3v) is 3.16. The molecule has 1 radical (unpaired) electrons. The predicted molar refractivity (Wildman–Crippen MR) is 46.6 cm³/mol. The molecule has 51 valence electrons. The van der Waals surface area contributed by atoms with Crippen molar-refractivity contribution in [2.45, 2.75) is 0 Å². The van der Waals surface area contributed by atoms with Crippen LogP contribution in [0.15, 0.2) is 42.9 Å². The summed E-state index contributed by atoms with van der Waals surface area (Å²) < 4.78 is 0. The van der Waals surface area contributed by atoms with E-state index < -0.39 is 8.80 Å². The Hall–Kier alpha value is -1.02. The molecule has 1 N–H and O–H groups in total. The molecule has 0 unspecified atom stereocenters. The van der Waals surface area contributed by atoms with Gasteiger partial charge in [-0.3, -0.25) is 0 Å². The van der Waals surface area contributed by atoms with Gasteiger partial charge in [0.05, 0.1) is 0 Å². The van der Waals surface area contributed by atoms with E-state index in [1.807, 2.05) is 23.7 Å². The molecule has 1 heterocycles. The maximum Gasteiger partial charge on any atom is 0.160 e. The highest BCUT2D eigenvalue weighted by Gasteiger charge is 2.03. The zero-order valence-electron chi connectivity index (χ0n) is 5.80. The van der Waals surface area contributed by atoms with Crippen molar-refractivity contribution < 1.29 is 0 Å². The molecule has 0 aliphatic rings. The molecular formula is C8H10NSi. The SMILES string of the molecule is C=C[Si](C=C)c1ccc[nH]1. The average Bonchev–Trinajstić information content (AvgIpc) is 2.43. The number of hydrogen-bond acceptors (Lipinski definition) is 0. The van der Waals surface area contributed by atoms with Crippen LogP contribution in [0.25, 0.3) is 0 Å². The van der Waals surface area contributed by atoms with E-state index in [4.69, 9.17) is 0 Å². The van der Waals surface area contributed by atoms with E-state index in [9.17, 15) is 0 Å². The topological polar surface area (TPSA) is 15.8 Å². The normalized spacial score (nSPS) is 9.70. The average molecular weight is 148 g/mol. The zero-order valence-corrected chi connectivity index (χ0v) is 6.80. The smallest absolute Gasteiger partial charge is 0.160 e. The summed E-state index contributed by atoms with van der Waals surface area (Å²) in [4.78, 5) is 3.14. The van der Waals surface area contributed by atoms with Crippen LogP contribution < -0.4 is 5.32 Å². The van der Waals surface area contributed by atoms with Crippen LogP contribution in [-0.4, -0.2) is 13.8 Å². The zero-order chi connectivity index (χ0) is 7.40. The minimum absolute atomic E-state index is 0.686. The van der Waals surface area contributed by atoms with Crippen molar-refractivity contribution in [1.29, 1.82) is 0 Å². The van der Waals surface area contributed by atoms with E-state index in [1.54, 1.807) is 0 Å². The van der Waals surface area contributed by atoms with Crippen molar-refractivity contribution >= 4 is 14.1 Å². The fraction of sp³-hybridized carbons (Fsp3) is 0. The highest BCUT2D eigenvalue weighted by Crippen LogP contribution is 1.86. The molecule has 10 heavy (non-hydrogen) atoms. The monoisotopic (exact) mass is 148 g/mol. The Labute approximate surface area is 62.7 Å². The molecule has 1 rings (SSSR count). The van der Waals surface area contributed by atoms with Crippen LogP contribution in [-0.2, 0) is 0 Å². The number of aromatic nitrogens is 1. The fourth-order valence-corrected chi connectivity index (χ4v) is 1.96. The van der Waals surface area contributed by atoms with Gasteiger partial charge in [0.2, 0.25) is 0 Å². The lowest BCUT2D eigenvalue weighted by atomic mass is 10.7. The molecule has 1 aromatic heterocycles. The largest absolute Gasteiger partial charge is 0.368 e. The summed E-state index contributed by atoms with van der Waals surface area (Å²) in [6.45, 7) is 7.48. The van der Waals surface area contributed by atoms with Gasteiger partial charge in [-0.05, 0) is 12.1 Å². The number of H-pyrrole nitrogens is 1. The van der Waals surface area contributed by atoms with E-state index in [2.05, 4.69) is 24.2 Å². The quantitative estimate of drug-likeness (QED) is 0.619. The number of nitrogens with one attached hydrogen (secondary N) is 1. The first kappa shape index (κ1) is 7.09. The fourth-order valence-electron chi connectivity index (χ4n) is 0.813. The van der Waals surface area contributed by atoms with Crippen molar-refractivity contribution in [2.75, 3.05) is 0 Å². The van der Waals surface area contributed by atoms with E-state index in [0.29, 0.717) is 0 Å². The second kappa shape index (κ2) is 3.22. The maximum absolute atomic E-state index is 3.74. The highest BCUT2D eigenvalue weighted by molar-refractivity contribution is 6.81. The Morgan fingerprint density at radius 3 is 2.50 bits per heavy atom. The van der Waals surface area contributed by atoms with Crippen molar-refractivity contribution in [1.82, 2.24) is 4.98 Å². The van der Waals surface area contributed by atoms with Crippen LogP contribution in [0.3, 0.4) is 0 Å². The lowest BCUT2D eigenvalue weighted by Crippen LogP contribution is -2.26. The molecule has 0 aliphatic heterocycles. The van der Waals surface area contributed by atoms with Crippen LogP contribution in [0.4, 0.5) is 0 Å². The van der Waals surface area contributed by atoms with Gasteiger partial charge in [0.1, 0.15) is 0 Å². The van der Waals surface area contributed by atoms with E-state index in [1.165, 1.54) is 5.32 Å². The standard InChI is InChI=1S/C8H10NSi/c1-3-10(4-2)8-6-5-7-9-8/h3-7,9H,1-2H2. The van der Waals surface area contributed by atoms with Crippen molar-refractivity contribution in [3.63, 3.8) is 0 Å². The highest BCUT2D eigenvalue weighted by atomic mass is 28.3. The predicted octanol–water partition coefficient (Wildman–Crippen LogP) is 1.17. The van der Waals surface area contributed by atoms with Gasteiger partial charge in [-0.2, -0.15) is 0 Å². The molecule has 0 aliphatic carbocycles. The molecule has 1 nitrogen and oxygen atoms in total. The summed E-state index contributed by atoms with van der Waals surface area (Å²) >= 11 is 0. The second-order valence-corrected chi connectivity index (χ2v) is 4.21. The summed E-state index contributed by atoms with van der Waals surface area (Å²) in [7, 11) is -0.686. The van der Waals surface area contributed by atoms with E-state index in [0.717, 1.165) is 0 Å². The lowest BCUT2D eigenvalue weighted by molar-refractivity contribution is 1.46. The Balaban J connectivity index is 2.82. The first-order valence-electron chi connectivity index (χ1n) is 3.14. The van der Waals surface area contributed by atoms with Crippen LogP contribution >= 0.6 is 0 Å². The molecule has 0 aromatic carbocycles. The summed E-state index contributed by atoms with van der Waals surface area (Å²) in [5, 5.41) is 1.25. The van der Waals surface area contributed by atoms with Crippen LogP contribution in [0.1, 0.15) is 0 Å².